The molecule has 1 saturated carbocycles. The van der Waals surface area contributed by atoms with Crippen molar-refractivity contribution in [1.82, 2.24) is 14.1 Å². The van der Waals surface area contributed by atoms with Crippen LogP contribution in [-0.2, 0) is 34.0 Å². The van der Waals surface area contributed by atoms with E-state index >= 15 is 0 Å². The SMILES string of the molecule is CN([C@@H]1CCCc2c1cnn2CC(=O)O)S(=O)(=O)c1cc(C2CCCC2)cc(C(F)(F)F)c1. The molecule has 2 aliphatic carbocycles. The molecule has 2 aromatic rings. The topological polar surface area (TPSA) is 92.5 Å². The summed E-state index contributed by atoms with van der Waals surface area (Å²) in [7, 11) is -2.89. The average molecular weight is 486 g/mol. The number of benzene rings is 1. The Balaban J connectivity index is 1.72. The Bertz CT molecular complexity index is 1150. The summed E-state index contributed by atoms with van der Waals surface area (Å²) >= 11 is 0. The number of alkyl halides is 3. The van der Waals surface area contributed by atoms with Crippen molar-refractivity contribution in [2.75, 3.05) is 7.05 Å². The van der Waals surface area contributed by atoms with Crippen LogP contribution in [0.2, 0.25) is 0 Å². The van der Waals surface area contributed by atoms with Crippen molar-refractivity contribution in [2.24, 2.45) is 0 Å². The molecule has 0 saturated heterocycles. The summed E-state index contributed by atoms with van der Waals surface area (Å²) in [5, 5.41) is 13.2. The number of aliphatic carboxylic acids is 1. The number of carboxylic acids is 1. The van der Waals surface area contributed by atoms with E-state index < -0.39 is 33.8 Å². The maximum Gasteiger partial charge on any atom is 0.416 e. The van der Waals surface area contributed by atoms with E-state index in [-0.39, 0.29) is 17.4 Å². The normalized spacial score (nSPS) is 19.7. The van der Waals surface area contributed by atoms with E-state index in [1.54, 1.807) is 0 Å². The molecule has 1 N–H and O–H groups in total. The lowest BCUT2D eigenvalue weighted by Gasteiger charge is -2.31. The van der Waals surface area contributed by atoms with Gasteiger partial charge in [-0.25, -0.2) is 8.42 Å². The number of hydrogen-bond donors (Lipinski definition) is 1. The molecule has 0 spiro atoms. The van der Waals surface area contributed by atoms with Gasteiger partial charge in [-0.2, -0.15) is 22.6 Å². The van der Waals surface area contributed by atoms with E-state index in [0.717, 1.165) is 36.1 Å². The molecule has 33 heavy (non-hydrogen) atoms. The molecule has 1 aromatic heterocycles. The summed E-state index contributed by atoms with van der Waals surface area (Å²) in [6.07, 6.45) is 1.74. The molecule has 1 aromatic carbocycles. The fourth-order valence-electron chi connectivity index (χ4n) is 5.00. The van der Waals surface area contributed by atoms with Gasteiger partial charge >= 0.3 is 12.1 Å². The first-order chi connectivity index (χ1) is 15.5. The third-order valence-electron chi connectivity index (χ3n) is 6.71. The van der Waals surface area contributed by atoms with Gasteiger partial charge in [0.25, 0.3) is 0 Å². The third-order valence-corrected chi connectivity index (χ3v) is 8.56. The number of nitrogens with zero attached hydrogens (tertiary/aromatic N) is 3. The quantitative estimate of drug-likeness (QED) is 0.657. The Hall–Kier alpha value is -2.40. The van der Waals surface area contributed by atoms with Gasteiger partial charge in [0.05, 0.1) is 22.7 Å². The number of hydrogen-bond acceptors (Lipinski definition) is 4. The van der Waals surface area contributed by atoms with Crippen LogP contribution in [0.25, 0.3) is 0 Å². The van der Waals surface area contributed by atoms with E-state index in [9.17, 15) is 26.4 Å². The Labute approximate surface area is 190 Å². The molecule has 1 fully saturated rings. The summed E-state index contributed by atoms with van der Waals surface area (Å²) < 4.78 is 70.3. The highest BCUT2D eigenvalue weighted by molar-refractivity contribution is 7.89. The van der Waals surface area contributed by atoms with Crippen LogP contribution in [0.15, 0.2) is 29.3 Å². The van der Waals surface area contributed by atoms with E-state index in [0.29, 0.717) is 42.1 Å². The van der Waals surface area contributed by atoms with Crippen molar-refractivity contribution in [3.05, 3.63) is 46.8 Å². The second kappa shape index (κ2) is 8.75. The predicted molar refractivity (Wildman–Crippen MR) is 113 cm³/mol. The van der Waals surface area contributed by atoms with Gasteiger partial charge in [0, 0.05) is 18.3 Å². The lowest BCUT2D eigenvalue weighted by molar-refractivity contribution is -0.138. The fourth-order valence-corrected chi connectivity index (χ4v) is 6.45. The second-order valence-electron chi connectivity index (χ2n) is 8.80. The summed E-state index contributed by atoms with van der Waals surface area (Å²) in [4.78, 5) is 10.7. The second-order valence-corrected chi connectivity index (χ2v) is 10.8. The summed E-state index contributed by atoms with van der Waals surface area (Å²) in [5.41, 5.74) is 0.688. The number of sulfonamides is 1. The molecule has 1 atom stereocenters. The highest BCUT2D eigenvalue weighted by Gasteiger charge is 2.37. The molecule has 4 rings (SSSR count). The largest absolute Gasteiger partial charge is 0.480 e. The minimum atomic E-state index is -4.66. The number of aromatic nitrogens is 2. The maximum atomic E-state index is 13.6. The Morgan fingerprint density at radius 1 is 1.18 bits per heavy atom. The highest BCUT2D eigenvalue weighted by Crippen LogP contribution is 2.41. The number of halogens is 3. The molecule has 0 radical (unpaired) electrons. The van der Waals surface area contributed by atoms with E-state index in [4.69, 9.17) is 5.11 Å². The predicted octanol–water partition coefficient (Wildman–Crippen LogP) is 4.34. The fraction of sp³-hybridized carbons (Fsp3) is 0.545. The average Bonchev–Trinajstić information content (AvgIpc) is 3.42. The molecule has 11 heteroatoms. The van der Waals surface area contributed by atoms with Crippen molar-refractivity contribution in [3.63, 3.8) is 0 Å². The molecule has 0 amide bonds. The zero-order valence-corrected chi connectivity index (χ0v) is 19.0. The number of carboxylic acid groups (broad SMARTS) is 1. The Morgan fingerprint density at radius 3 is 2.52 bits per heavy atom. The minimum Gasteiger partial charge on any atom is -0.480 e. The van der Waals surface area contributed by atoms with Crippen LogP contribution in [0.4, 0.5) is 13.2 Å². The zero-order chi connectivity index (χ0) is 24.0. The van der Waals surface area contributed by atoms with Crippen LogP contribution in [0.1, 0.15) is 72.9 Å². The first-order valence-corrected chi connectivity index (χ1v) is 12.4. The first kappa shape index (κ1) is 23.7. The molecule has 2 aliphatic rings. The minimum absolute atomic E-state index is 0.0814. The molecule has 0 unspecified atom stereocenters. The third kappa shape index (κ3) is 4.65. The van der Waals surface area contributed by atoms with Crippen molar-refractivity contribution >= 4 is 16.0 Å². The molecular formula is C22H26F3N3O4S. The lowest BCUT2D eigenvalue weighted by Crippen LogP contribution is -2.33. The molecule has 180 valence electrons. The Morgan fingerprint density at radius 2 is 1.88 bits per heavy atom. The van der Waals surface area contributed by atoms with E-state index in [1.807, 2.05) is 0 Å². The van der Waals surface area contributed by atoms with Crippen molar-refractivity contribution in [3.8, 4) is 0 Å². The molecule has 0 aliphatic heterocycles. The van der Waals surface area contributed by atoms with Crippen molar-refractivity contribution < 1.29 is 31.5 Å². The smallest absolute Gasteiger partial charge is 0.416 e. The summed E-state index contributed by atoms with van der Waals surface area (Å²) in [6.45, 7) is -0.336. The number of fused-ring (bicyclic) bond motifs is 1. The molecular weight excluding hydrogens is 459 g/mol. The van der Waals surface area contributed by atoms with Gasteiger partial charge in [0.2, 0.25) is 10.0 Å². The van der Waals surface area contributed by atoms with Crippen molar-refractivity contribution in [1.29, 1.82) is 0 Å². The zero-order valence-electron chi connectivity index (χ0n) is 18.2. The monoisotopic (exact) mass is 485 g/mol. The lowest BCUT2D eigenvalue weighted by atomic mass is 9.93. The van der Waals surface area contributed by atoms with Crippen LogP contribution >= 0.6 is 0 Å². The van der Waals surface area contributed by atoms with Crippen LogP contribution in [0.5, 0.6) is 0 Å². The highest BCUT2D eigenvalue weighted by atomic mass is 32.2. The van der Waals surface area contributed by atoms with Crippen LogP contribution < -0.4 is 0 Å². The van der Waals surface area contributed by atoms with Gasteiger partial charge in [0.15, 0.2) is 0 Å². The first-order valence-electron chi connectivity index (χ1n) is 10.9. The molecule has 0 bridgehead atoms. The van der Waals surface area contributed by atoms with Crippen LogP contribution in [0, 0.1) is 0 Å². The van der Waals surface area contributed by atoms with Crippen LogP contribution in [-0.4, -0.2) is 40.6 Å². The van der Waals surface area contributed by atoms with E-state index in [1.165, 1.54) is 24.0 Å². The van der Waals surface area contributed by atoms with Gasteiger partial charge in [-0.05, 0) is 61.8 Å². The van der Waals surface area contributed by atoms with E-state index in [2.05, 4.69) is 5.10 Å². The van der Waals surface area contributed by atoms with Gasteiger partial charge in [-0.1, -0.05) is 12.8 Å². The standard InChI is InChI=1S/C22H26F3N3O4S/c1-27(19-7-4-8-20-18(19)12-26-28(20)13-21(29)30)33(31,32)17-10-15(14-5-2-3-6-14)9-16(11-17)22(23,24)25/h9-12,14,19H,2-8,13H2,1H3,(H,29,30)/t19-/m1/s1. The van der Waals surface area contributed by atoms with Crippen molar-refractivity contribution in [2.45, 2.75) is 74.5 Å². The molecule has 7 nitrogen and oxygen atoms in total. The van der Waals surface area contributed by atoms with Gasteiger partial charge in [0.1, 0.15) is 6.54 Å². The number of rotatable bonds is 6. The summed E-state index contributed by atoms with van der Waals surface area (Å²) in [5.74, 6) is -1.14. The van der Waals surface area contributed by atoms with Gasteiger partial charge in [-0.15, -0.1) is 0 Å². The summed E-state index contributed by atoms with van der Waals surface area (Å²) in [6, 6.07) is 2.53. The maximum absolute atomic E-state index is 13.6. The Kier molecular flexibility index (Phi) is 6.30. The number of carbonyl (C=O) groups is 1. The van der Waals surface area contributed by atoms with Gasteiger partial charge < -0.3 is 5.11 Å². The van der Waals surface area contributed by atoms with Crippen LogP contribution in [0.3, 0.4) is 0 Å². The molecule has 1 heterocycles. The van der Waals surface area contributed by atoms with Gasteiger partial charge in [-0.3, -0.25) is 9.48 Å².